The molecule has 2 N–H and O–H groups in total. The number of ether oxygens (including phenoxy) is 2. The Labute approximate surface area is 176 Å². The molecule has 0 spiro atoms. The van der Waals surface area contributed by atoms with Crippen molar-refractivity contribution in [3.8, 4) is 11.5 Å². The lowest BCUT2D eigenvalue weighted by molar-refractivity contribution is -1.02. The van der Waals surface area contributed by atoms with Gasteiger partial charge in [0.15, 0.2) is 18.0 Å². The second kappa shape index (κ2) is 8.45. The topological polar surface area (TPSA) is 60.0 Å². The van der Waals surface area contributed by atoms with E-state index in [0.29, 0.717) is 13.3 Å². The van der Waals surface area contributed by atoms with E-state index >= 15 is 0 Å². The predicted molar refractivity (Wildman–Crippen MR) is 112 cm³/mol. The Kier molecular flexibility index (Phi) is 5.38. The summed E-state index contributed by atoms with van der Waals surface area (Å²) in [7, 11) is 0. The van der Waals surface area contributed by atoms with Crippen molar-refractivity contribution in [3.05, 3.63) is 59.7 Å². The molecule has 2 aromatic rings. The van der Waals surface area contributed by atoms with Crippen LogP contribution in [0.15, 0.2) is 53.6 Å². The number of nitrogens with zero attached hydrogens (tertiary/aromatic N) is 2. The van der Waals surface area contributed by atoms with Gasteiger partial charge in [0, 0.05) is 18.2 Å². The second-order valence-corrected chi connectivity index (χ2v) is 8.24. The summed E-state index contributed by atoms with van der Waals surface area (Å²) < 4.78 is 10.9. The Morgan fingerprint density at radius 1 is 1.00 bits per heavy atom. The summed E-state index contributed by atoms with van der Waals surface area (Å²) in [5.41, 5.74) is 2.42. The largest absolute Gasteiger partial charge is 0.454 e. The van der Waals surface area contributed by atoms with E-state index < -0.39 is 0 Å². The molecule has 3 aliphatic rings. The predicted octanol–water partition coefficient (Wildman–Crippen LogP) is -0.342. The van der Waals surface area contributed by atoms with Crippen LogP contribution in [0.2, 0.25) is 0 Å². The minimum atomic E-state index is 0.0380. The molecule has 1 fully saturated rings. The van der Waals surface area contributed by atoms with Crippen LogP contribution in [-0.4, -0.2) is 56.6 Å². The van der Waals surface area contributed by atoms with Gasteiger partial charge in [-0.15, -0.1) is 0 Å². The third-order valence-corrected chi connectivity index (χ3v) is 6.23. The standard InChI is InChI=1S/C23H26N4O3/c28-23(27-20(8-9-24-27)19-4-2-1-3-5-19)16-26-12-10-25(11-13-26)15-18-6-7-21-22(14-18)30-17-29-21/h1-7,9,14,20H,8,10-13,15-17H2/p+2/t20-/m1/s1. The molecule has 3 heterocycles. The normalized spacial score (nSPS) is 24.9. The maximum absolute atomic E-state index is 12.9. The first-order valence-corrected chi connectivity index (χ1v) is 10.7. The van der Waals surface area contributed by atoms with Crippen molar-refractivity contribution in [1.82, 2.24) is 5.01 Å². The van der Waals surface area contributed by atoms with Crippen molar-refractivity contribution >= 4 is 12.1 Å². The van der Waals surface area contributed by atoms with E-state index in [-0.39, 0.29) is 11.9 Å². The second-order valence-electron chi connectivity index (χ2n) is 8.24. The van der Waals surface area contributed by atoms with Crippen LogP contribution in [-0.2, 0) is 11.3 Å². The molecule has 30 heavy (non-hydrogen) atoms. The summed E-state index contributed by atoms with van der Waals surface area (Å²) in [6.45, 7) is 5.92. The molecule has 0 saturated carbocycles. The van der Waals surface area contributed by atoms with E-state index in [1.165, 1.54) is 10.5 Å². The third-order valence-electron chi connectivity index (χ3n) is 6.23. The van der Waals surface area contributed by atoms with Gasteiger partial charge in [-0.05, 0) is 23.8 Å². The van der Waals surface area contributed by atoms with Gasteiger partial charge < -0.3 is 19.3 Å². The fraction of sp³-hybridized carbons (Fsp3) is 0.391. The van der Waals surface area contributed by atoms with Crippen LogP contribution < -0.4 is 19.3 Å². The number of quaternary nitrogens is 2. The maximum atomic E-state index is 12.9. The van der Waals surface area contributed by atoms with Gasteiger partial charge in [-0.2, -0.15) is 5.10 Å². The van der Waals surface area contributed by atoms with Gasteiger partial charge in [-0.3, -0.25) is 4.79 Å². The molecule has 156 valence electrons. The number of piperazine rings is 1. The summed E-state index contributed by atoms with van der Waals surface area (Å²) in [5.74, 6) is 1.80. The summed E-state index contributed by atoms with van der Waals surface area (Å²) in [5, 5.41) is 6.07. The van der Waals surface area contributed by atoms with E-state index in [0.717, 1.165) is 56.2 Å². The van der Waals surface area contributed by atoms with Crippen LogP contribution >= 0.6 is 0 Å². The SMILES string of the molecule is O=C(C[NH+]1CC[NH+](Cc2ccc3c(c2)OCO3)CC1)N1N=CC[C@@H]1c1ccccc1. The Balaban J connectivity index is 1.13. The molecule has 2 aromatic carbocycles. The van der Waals surface area contributed by atoms with E-state index in [9.17, 15) is 4.79 Å². The molecule has 0 aromatic heterocycles. The van der Waals surface area contributed by atoms with Crippen LogP contribution in [0.3, 0.4) is 0 Å². The van der Waals surface area contributed by atoms with Gasteiger partial charge in [0.1, 0.15) is 32.7 Å². The Hall–Kier alpha value is -2.90. The van der Waals surface area contributed by atoms with Crippen LogP contribution in [0.1, 0.15) is 23.6 Å². The Morgan fingerprint density at radius 3 is 2.60 bits per heavy atom. The molecule has 1 saturated heterocycles. The number of carbonyl (C=O) groups is 1. The van der Waals surface area contributed by atoms with Crippen molar-refractivity contribution in [1.29, 1.82) is 0 Å². The smallest absolute Gasteiger partial charge is 0.298 e. The van der Waals surface area contributed by atoms with Gasteiger partial charge >= 0.3 is 0 Å². The molecule has 7 nitrogen and oxygen atoms in total. The molecule has 0 bridgehead atoms. The molecular formula is C23H28N4O3+2. The van der Waals surface area contributed by atoms with E-state index in [4.69, 9.17) is 9.47 Å². The molecular weight excluding hydrogens is 380 g/mol. The number of nitrogens with one attached hydrogen (secondary N) is 2. The number of hydrazone groups is 1. The van der Waals surface area contributed by atoms with Gasteiger partial charge in [0.2, 0.25) is 6.79 Å². The number of carbonyl (C=O) groups excluding carboxylic acids is 1. The van der Waals surface area contributed by atoms with Crippen LogP contribution in [0.25, 0.3) is 0 Å². The first-order chi connectivity index (χ1) is 14.8. The van der Waals surface area contributed by atoms with Gasteiger partial charge in [0.05, 0.1) is 6.04 Å². The lowest BCUT2D eigenvalue weighted by Crippen LogP contribution is -3.28. The van der Waals surface area contributed by atoms with Gasteiger partial charge in [0.25, 0.3) is 5.91 Å². The highest BCUT2D eigenvalue weighted by molar-refractivity contribution is 5.80. The first kappa shape index (κ1) is 19.1. The van der Waals surface area contributed by atoms with Gasteiger partial charge in [-0.1, -0.05) is 30.3 Å². The van der Waals surface area contributed by atoms with Crippen molar-refractivity contribution < 1.29 is 24.1 Å². The lowest BCUT2D eigenvalue weighted by Gasteiger charge is -2.30. The van der Waals surface area contributed by atoms with Crippen LogP contribution in [0.4, 0.5) is 0 Å². The average Bonchev–Trinajstić information content (AvgIpc) is 3.45. The lowest BCUT2D eigenvalue weighted by atomic mass is 10.0. The molecule has 1 atom stereocenters. The third kappa shape index (κ3) is 4.04. The van der Waals surface area contributed by atoms with Crippen molar-refractivity contribution in [2.75, 3.05) is 39.5 Å². The number of fused-ring (bicyclic) bond motifs is 1. The van der Waals surface area contributed by atoms with E-state index in [2.05, 4.69) is 29.4 Å². The molecule has 0 unspecified atom stereocenters. The highest BCUT2D eigenvalue weighted by Gasteiger charge is 2.32. The zero-order valence-corrected chi connectivity index (χ0v) is 17.0. The zero-order chi connectivity index (χ0) is 20.3. The summed E-state index contributed by atoms with van der Waals surface area (Å²) in [6.07, 6.45) is 2.65. The number of benzene rings is 2. The number of hydrogen-bond donors (Lipinski definition) is 2. The molecule has 7 heteroatoms. The molecule has 0 radical (unpaired) electrons. The monoisotopic (exact) mass is 408 g/mol. The van der Waals surface area contributed by atoms with E-state index in [1.54, 1.807) is 9.91 Å². The van der Waals surface area contributed by atoms with Crippen molar-refractivity contribution in [3.63, 3.8) is 0 Å². The highest BCUT2D eigenvalue weighted by atomic mass is 16.7. The number of amides is 1. The number of rotatable bonds is 5. The molecule has 5 rings (SSSR count). The quantitative estimate of drug-likeness (QED) is 0.712. The minimum absolute atomic E-state index is 0.0380. The van der Waals surface area contributed by atoms with Crippen LogP contribution in [0, 0.1) is 0 Å². The molecule has 0 aliphatic carbocycles. The fourth-order valence-electron chi connectivity index (χ4n) is 4.55. The Morgan fingerprint density at radius 2 is 1.77 bits per heavy atom. The average molecular weight is 409 g/mol. The summed E-state index contributed by atoms with van der Waals surface area (Å²) in [6, 6.07) is 16.4. The van der Waals surface area contributed by atoms with E-state index in [1.807, 2.05) is 30.5 Å². The fourth-order valence-corrected chi connectivity index (χ4v) is 4.55. The van der Waals surface area contributed by atoms with Crippen LogP contribution in [0.5, 0.6) is 11.5 Å². The highest BCUT2D eigenvalue weighted by Crippen LogP contribution is 2.32. The first-order valence-electron chi connectivity index (χ1n) is 10.7. The Bertz CT molecular complexity index is 925. The number of hydrogen-bond acceptors (Lipinski definition) is 4. The van der Waals surface area contributed by atoms with Crippen molar-refractivity contribution in [2.45, 2.75) is 19.0 Å². The van der Waals surface area contributed by atoms with Crippen molar-refractivity contribution in [2.24, 2.45) is 5.10 Å². The summed E-state index contributed by atoms with van der Waals surface area (Å²) in [4.78, 5) is 15.8. The minimum Gasteiger partial charge on any atom is -0.454 e. The molecule has 1 amide bonds. The zero-order valence-electron chi connectivity index (χ0n) is 17.0. The summed E-state index contributed by atoms with van der Waals surface area (Å²) >= 11 is 0. The van der Waals surface area contributed by atoms with Gasteiger partial charge in [-0.25, -0.2) is 5.01 Å². The molecule has 3 aliphatic heterocycles. The maximum Gasteiger partial charge on any atom is 0.298 e.